The zero-order valence-electron chi connectivity index (χ0n) is 18.8. The van der Waals surface area contributed by atoms with Gasteiger partial charge in [-0.05, 0) is 89.1 Å². The largest absolute Gasteiger partial charge is 0.289 e. The van der Waals surface area contributed by atoms with E-state index in [1.807, 2.05) is 24.3 Å². The maximum atomic E-state index is 12.8. The highest BCUT2D eigenvalue weighted by atomic mass is 16.1. The van der Waals surface area contributed by atoms with E-state index < -0.39 is 0 Å². The van der Waals surface area contributed by atoms with Crippen molar-refractivity contribution in [2.75, 3.05) is 0 Å². The monoisotopic (exact) mass is 386 g/mol. The fourth-order valence-corrected chi connectivity index (χ4v) is 3.38. The van der Waals surface area contributed by atoms with Crippen molar-refractivity contribution < 1.29 is 4.79 Å². The Labute approximate surface area is 176 Å². The number of ketones is 1. The van der Waals surface area contributed by atoms with Gasteiger partial charge >= 0.3 is 0 Å². The van der Waals surface area contributed by atoms with Crippen molar-refractivity contribution in [3.8, 4) is 0 Å². The summed E-state index contributed by atoms with van der Waals surface area (Å²) < 4.78 is 0. The number of hydrogen-bond acceptors (Lipinski definition) is 1. The van der Waals surface area contributed by atoms with Gasteiger partial charge in [-0.25, -0.2) is 0 Å². The molecule has 2 rings (SSSR count). The molecule has 0 aliphatic rings. The van der Waals surface area contributed by atoms with E-state index in [0.717, 1.165) is 36.0 Å². The van der Waals surface area contributed by atoms with Crippen LogP contribution >= 0.6 is 0 Å². The molecule has 0 atom stereocenters. The molecule has 0 bridgehead atoms. The average molecular weight is 387 g/mol. The maximum absolute atomic E-state index is 12.8. The van der Waals surface area contributed by atoms with Crippen LogP contribution < -0.4 is 0 Å². The normalized spacial score (nSPS) is 11.7. The minimum Gasteiger partial charge on any atom is -0.289 e. The lowest BCUT2D eigenvalue weighted by atomic mass is 9.92. The van der Waals surface area contributed by atoms with Crippen molar-refractivity contribution in [2.24, 2.45) is 0 Å². The molecule has 0 fully saturated rings. The zero-order valence-corrected chi connectivity index (χ0v) is 18.8. The lowest BCUT2D eigenvalue weighted by Crippen LogP contribution is -2.03. The second-order valence-corrected chi connectivity index (χ2v) is 8.22. The summed E-state index contributed by atoms with van der Waals surface area (Å²) in [5.41, 5.74) is 9.43. The van der Waals surface area contributed by atoms with Crippen molar-refractivity contribution in [3.63, 3.8) is 0 Å². The Morgan fingerprint density at radius 2 is 1.59 bits per heavy atom. The summed E-state index contributed by atoms with van der Waals surface area (Å²) in [6.07, 6.45) is 11.2. The highest BCUT2D eigenvalue weighted by Crippen LogP contribution is 2.21. The van der Waals surface area contributed by atoms with Crippen LogP contribution in [-0.2, 0) is 6.42 Å². The van der Waals surface area contributed by atoms with Crippen LogP contribution in [0.15, 0.2) is 65.8 Å². The molecule has 0 aliphatic carbocycles. The quantitative estimate of drug-likeness (QED) is 0.257. The minimum absolute atomic E-state index is 0.0635. The Morgan fingerprint density at radius 1 is 0.897 bits per heavy atom. The molecule has 2 aromatic carbocycles. The van der Waals surface area contributed by atoms with Crippen LogP contribution in [0.4, 0.5) is 0 Å². The summed E-state index contributed by atoms with van der Waals surface area (Å²) in [6.45, 7) is 12.7. The lowest BCUT2D eigenvalue weighted by Gasteiger charge is -2.12. The number of rotatable bonds is 8. The van der Waals surface area contributed by atoms with Gasteiger partial charge in [0.25, 0.3) is 0 Å². The van der Waals surface area contributed by atoms with Crippen LogP contribution in [0.5, 0.6) is 0 Å². The Bertz CT molecular complexity index is 933. The topological polar surface area (TPSA) is 17.1 Å². The first kappa shape index (κ1) is 22.6. The van der Waals surface area contributed by atoms with Gasteiger partial charge in [-0.15, -0.1) is 0 Å². The molecule has 0 amide bonds. The van der Waals surface area contributed by atoms with Crippen LogP contribution in [0, 0.1) is 20.8 Å². The molecule has 1 nitrogen and oxygen atoms in total. The number of allylic oxidation sites excluding steroid dienone is 5. The molecule has 0 saturated carbocycles. The smallest absolute Gasteiger partial charge is 0.186 e. The van der Waals surface area contributed by atoms with E-state index in [9.17, 15) is 4.79 Å². The maximum Gasteiger partial charge on any atom is 0.186 e. The number of carbonyl (C=O) groups is 1. The van der Waals surface area contributed by atoms with Gasteiger partial charge in [0, 0.05) is 5.56 Å². The van der Waals surface area contributed by atoms with Crippen LogP contribution in [0.25, 0.3) is 6.08 Å². The number of carbonyl (C=O) groups excluding carboxylic acids is 1. The first-order valence-corrected chi connectivity index (χ1v) is 10.4. The molecule has 2 aromatic rings. The van der Waals surface area contributed by atoms with E-state index in [0.29, 0.717) is 0 Å². The van der Waals surface area contributed by atoms with E-state index in [1.54, 1.807) is 6.08 Å². The summed E-state index contributed by atoms with van der Waals surface area (Å²) >= 11 is 0. The van der Waals surface area contributed by atoms with Gasteiger partial charge in [-0.1, -0.05) is 71.3 Å². The van der Waals surface area contributed by atoms with Crippen molar-refractivity contribution in [2.45, 2.75) is 60.8 Å². The lowest BCUT2D eigenvalue weighted by molar-refractivity contribution is 0.104. The fraction of sp³-hybridized carbons (Fsp3) is 0.321. The molecule has 0 aliphatic heterocycles. The van der Waals surface area contributed by atoms with Crippen LogP contribution in [-0.4, -0.2) is 5.78 Å². The first-order chi connectivity index (χ1) is 13.8. The Kier molecular flexibility index (Phi) is 8.39. The van der Waals surface area contributed by atoms with E-state index in [1.165, 1.54) is 27.8 Å². The van der Waals surface area contributed by atoms with E-state index >= 15 is 0 Å². The van der Waals surface area contributed by atoms with Crippen molar-refractivity contribution in [3.05, 3.63) is 99.2 Å². The Balaban J connectivity index is 2.15. The second kappa shape index (κ2) is 10.8. The fourth-order valence-electron chi connectivity index (χ4n) is 3.38. The average Bonchev–Trinajstić information content (AvgIpc) is 2.67. The third-order valence-corrected chi connectivity index (χ3v) is 5.35. The highest BCUT2D eigenvalue weighted by Gasteiger charge is 2.11. The molecular formula is C28H34O. The van der Waals surface area contributed by atoms with Gasteiger partial charge in [-0.2, -0.15) is 0 Å². The summed E-state index contributed by atoms with van der Waals surface area (Å²) in [4.78, 5) is 12.8. The number of benzene rings is 2. The van der Waals surface area contributed by atoms with E-state index in [4.69, 9.17) is 0 Å². The summed E-state index contributed by atoms with van der Waals surface area (Å²) in [6, 6.07) is 12.2. The Morgan fingerprint density at radius 3 is 2.24 bits per heavy atom. The predicted octanol–water partition coefficient (Wildman–Crippen LogP) is 7.74. The third-order valence-electron chi connectivity index (χ3n) is 5.35. The minimum atomic E-state index is 0.0635. The van der Waals surface area contributed by atoms with Gasteiger partial charge < -0.3 is 0 Å². The first-order valence-electron chi connectivity index (χ1n) is 10.4. The molecular weight excluding hydrogens is 352 g/mol. The molecule has 29 heavy (non-hydrogen) atoms. The summed E-state index contributed by atoms with van der Waals surface area (Å²) in [7, 11) is 0. The van der Waals surface area contributed by atoms with Crippen LogP contribution in [0.1, 0.15) is 71.8 Å². The molecule has 0 spiro atoms. The molecule has 0 aromatic heterocycles. The van der Waals surface area contributed by atoms with Gasteiger partial charge in [0.15, 0.2) is 5.78 Å². The standard InChI is InChI=1S/C28H34O/c1-20(2)8-7-9-21(3)12-17-26-23(5)13-18-27(24(26)6)28(29)19-16-25-14-10-22(4)11-15-25/h8,10-16,18-19H,7,9,17H2,1-6H3/b19-16+,21-12+. The third kappa shape index (κ3) is 7.02. The van der Waals surface area contributed by atoms with Crippen LogP contribution in [0.2, 0.25) is 0 Å². The second-order valence-electron chi connectivity index (χ2n) is 8.22. The zero-order chi connectivity index (χ0) is 21.4. The van der Waals surface area contributed by atoms with Crippen molar-refractivity contribution in [1.82, 2.24) is 0 Å². The molecule has 0 N–H and O–H groups in total. The van der Waals surface area contributed by atoms with E-state index in [-0.39, 0.29) is 5.78 Å². The molecule has 1 heteroatoms. The number of aryl methyl sites for hydroxylation is 2. The molecule has 0 unspecified atom stereocenters. The molecule has 0 saturated heterocycles. The predicted molar refractivity (Wildman–Crippen MR) is 127 cm³/mol. The Hall–Kier alpha value is -2.67. The van der Waals surface area contributed by atoms with E-state index in [2.05, 4.69) is 71.9 Å². The van der Waals surface area contributed by atoms with Gasteiger partial charge in [0.2, 0.25) is 0 Å². The molecule has 152 valence electrons. The van der Waals surface area contributed by atoms with Gasteiger partial charge in [-0.3, -0.25) is 4.79 Å². The summed E-state index contributed by atoms with van der Waals surface area (Å²) in [5, 5.41) is 0. The van der Waals surface area contributed by atoms with Gasteiger partial charge in [0.05, 0.1) is 0 Å². The highest BCUT2D eigenvalue weighted by molar-refractivity contribution is 6.08. The van der Waals surface area contributed by atoms with Gasteiger partial charge in [0.1, 0.15) is 0 Å². The SMILES string of the molecule is CC(C)=CCC/C(C)=C/Cc1c(C)ccc(C(=O)/C=C/c2ccc(C)cc2)c1C. The van der Waals surface area contributed by atoms with Crippen LogP contribution in [0.3, 0.4) is 0 Å². The molecule has 0 radical (unpaired) electrons. The summed E-state index contributed by atoms with van der Waals surface area (Å²) in [5.74, 6) is 0.0635. The van der Waals surface area contributed by atoms with Crippen molar-refractivity contribution in [1.29, 1.82) is 0 Å². The molecule has 0 heterocycles. The number of hydrogen-bond donors (Lipinski definition) is 0. The van der Waals surface area contributed by atoms with Crippen molar-refractivity contribution >= 4 is 11.9 Å².